The molecule has 0 bridgehead atoms. The third kappa shape index (κ3) is 3.80. The molecule has 2 amide bonds. The smallest absolute Gasteiger partial charge is 0.275 e. The van der Waals surface area contributed by atoms with Crippen molar-refractivity contribution >= 4 is 33.4 Å². The SMILES string of the molecule is O=C(NO)c1ccccc1SSc1ccccc1C(=O)NO. The van der Waals surface area contributed by atoms with Crippen LogP contribution in [0.25, 0.3) is 0 Å². The molecule has 2 aromatic rings. The van der Waals surface area contributed by atoms with E-state index in [0.29, 0.717) is 20.9 Å². The summed E-state index contributed by atoms with van der Waals surface area (Å²) in [5.74, 6) is -1.21. The molecule has 0 radical (unpaired) electrons. The van der Waals surface area contributed by atoms with Crippen LogP contribution in [-0.2, 0) is 0 Å². The first-order chi connectivity index (χ1) is 10.7. The molecule has 4 N–H and O–H groups in total. The van der Waals surface area contributed by atoms with Gasteiger partial charge < -0.3 is 0 Å². The molecule has 0 aliphatic rings. The van der Waals surface area contributed by atoms with Gasteiger partial charge in [-0.25, -0.2) is 11.0 Å². The summed E-state index contributed by atoms with van der Waals surface area (Å²) in [7, 11) is 2.54. The van der Waals surface area contributed by atoms with E-state index < -0.39 is 11.8 Å². The van der Waals surface area contributed by atoms with Gasteiger partial charge in [-0.2, -0.15) is 0 Å². The fourth-order valence-corrected chi connectivity index (χ4v) is 4.02. The van der Waals surface area contributed by atoms with Crippen LogP contribution in [0.4, 0.5) is 0 Å². The Kier molecular flexibility index (Phi) is 5.84. The number of carbonyl (C=O) groups is 2. The van der Waals surface area contributed by atoms with Crippen molar-refractivity contribution < 1.29 is 20.0 Å². The van der Waals surface area contributed by atoms with Gasteiger partial charge in [-0.1, -0.05) is 45.9 Å². The van der Waals surface area contributed by atoms with Gasteiger partial charge in [0, 0.05) is 9.79 Å². The number of hydrogen-bond acceptors (Lipinski definition) is 6. The zero-order valence-corrected chi connectivity index (χ0v) is 12.8. The van der Waals surface area contributed by atoms with Gasteiger partial charge in [-0.15, -0.1) is 0 Å². The zero-order chi connectivity index (χ0) is 15.9. The van der Waals surface area contributed by atoms with Gasteiger partial charge in [0.15, 0.2) is 0 Å². The topological polar surface area (TPSA) is 98.7 Å². The standard InChI is InChI=1S/C14H12N2O4S2/c17-13(15-19)9-5-1-3-7-11(9)21-22-12-8-4-2-6-10(12)14(18)16-20/h1-8,19-20H,(H,15,17)(H,16,18). The van der Waals surface area contributed by atoms with E-state index in [-0.39, 0.29) is 0 Å². The Morgan fingerprint density at radius 3 is 1.45 bits per heavy atom. The molecule has 2 aromatic carbocycles. The zero-order valence-electron chi connectivity index (χ0n) is 11.1. The van der Waals surface area contributed by atoms with Crippen molar-refractivity contribution in [3.8, 4) is 0 Å². The summed E-state index contributed by atoms with van der Waals surface area (Å²) >= 11 is 0. The Morgan fingerprint density at radius 2 is 1.09 bits per heavy atom. The van der Waals surface area contributed by atoms with E-state index in [1.165, 1.54) is 21.6 Å². The van der Waals surface area contributed by atoms with Gasteiger partial charge in [0.05, 0.1) is 11.1 Å². The second-order valence-corrected chi connectivity index (χ2v) is 6.25. The first kappa shape index (κ1) is 16.4. The summed E-state index contributed by atoms with van der Waals surface area (Å²) in [6.07, 6.45) is 0. The molecule has 0 heterocycles. The summed E-state index contributed by atoms with van der Waals surface area (Å²) in [5, 5.41) is 17.5. The van der Waals surface area contributed by atoms with Gasteiger partial charge in [-0.3, -0.25) is 20.0 Å². The fourth-order valence-electron chi connectivity index (χ4n) is 1.66. The molecule has 0 aliphatic carbocycles. The average Bonchev–Trinajstić information content (AvgIpc) is 2.59. The predicted octanol–water partition coefficient (Wildman–Crippen LogP) is 2.72. The Bertz CT molecular complexity index is 635. The third-order valence-electron chi connectivity index (χ3n) is 2.69. The van der Waals surface area contributed by atoms with Crippen LogP contribution in [0.1, 0.15) is 20.7 Å². The van der Waals surface area contributed by atoms with Crippen LogP contribution in [0.3, 0.4) is 0 Å². The minimum absolute atomic E-state index is 0.326. The van der Waals surface area contributed by atoms with Gasteiger partial charge in [-0.05, 0) is 24.3 Å². The molecular formula is C14H12N2O4S2. The van der Waals surface area contributed by atoms with Gasteiger partial charge >= 0.3 is 0 Å². The van der Waals surface area contributed by atoms with Crippen molar-refractivity contribution in [3.05, 3.63) is 59.7 Å². The van der Waals surface area contributed by atoms with Crippen LogP contribution in [0.2, 0.25) is 0 Å². The maximum absolute atomic E-state index is 11.6. The van der Waals surface area contributed by atoms with Gasteiger partial charge in [0.1, 0.15) is 0 Å². The lowest BCUT2D eigenvalue weighted by Crippen LogP contribution is -2.19. The van der Waals surface area contributed by atoms with Crippen LogP contribution in [0, 0.1) is 0 Å². The molecule has 0 aliphatic heterocycles. The summed E-state index contributed by atoms with van der Waals surface area (Å²) in [6.45, 7) is 0. The molecule has 0 saturated carbocycles. The maximum atomic E-state index is 11.6. The lowest BCUT2D eigenvalue weighted by Gasteiger charge is -2.09. The van der Waals surface area contributed by atoms with E-state index >= 15 is 0 Å². The number of nitrogens with one attached hydrogen (secondary N) is 2. The fraction of sp³-hybridized carbons (Fsp3) is 0. The molecule has 0 atom stereocenters. The van der Waals surface area contributed by atoms with Crippen molar-refractivity contribution in [2.24, 2.45) is 0 Å². The summed E-state index contributed by atoms with van der Waals surface area (Å²) in [6, 6.07) is 13.5. The van der Waals surface area contributed by atoms with Crippen molar-refractivity contribution in [2.45, 2.75) is 9.79 Å². The Labute approximate surface area is 134 Å². The van der Waals surface area contributed by atoms with Gasteiger partial charge in [0.25, 0.3) is 11.8 Å². The van der Waals surface area contributed by atoms with Crippen molar-refractivity contribution in [3.63, 3.8) is 0 Å². The first-order valence-electron chi connectivity index (χ1n) is 6.09. The molecule has 114 valence electrons. The molecule has 0 fully saturated rings. The maximum Gasteiger partial charge on any atom is 0.275 e. The molecule has 0 unspecified atom stereocenters. The molecule has 0 saturated heterocycles. The number of hydrogen-bond donors (Lipinski definition) is 4. The molecule has 8 heteroatoms. The van der Waals surface area contributed by atoms with E-state index in [2.05, 4.69) is 0 Å². The Hall–Kier alpha value is -2.00. The predicted molar refractivity (Wildman–Crippen MR) is 83.1 cm³/mol. The van der Waals surface area contributed by atoms with Crippen LogP contribution >= 0.6 is 21.6 Å². The van der Waals surface area contributed by atoms with Crippen LogP contribution in [-0.4, -0.2) is 22.2 Å². The van der Waals surface area contributed by atoms with Crippen LogP contribution in [0.5, 0.6) is 0 Å². The molecule has 6 nitrogen and oxygen atoms in total. The lowest BCUT2D eigenvalue weighted by molar-refractivity contribution is 0.0698. The van der Waals surface area contributed by atoms with E-state index in [9.17, 15) is 9.59 Å². The number of rotatable bonds is 5. The number of hydroxylamine groups is 2. The minimum atomic E-state index is -0.606. The van der Waals surface area contributed by atoms with Crippen LogP contribution in [0.15, 0.2) is 58.3 Å². The highest BCUT2D eigenvalue weighted by Gasteiger charge is 2.14. The second-order valence-electron chi connectivity index (χ2n) is 4.04. The normalized spacial score (nSPS) is 10.1. The highest BCUT2D eigenvalue weighted by molar-refractivity contribution is 8.76. The second kappa shape index (κ2) is 7.85. The van der Waals surface area contributed by atoms with Crippen LogP contribution < -0.4 is 11.0 Å². The molecule has 2 rings (SSSR count). The summed E-state index contributed by atoms with van der Waals surface area (Å²) in [4.78, 5) is 24.4. The van der Waals surface area contributed by atoms with E-state index in [0.717, 1.165) is 0 Å². The largest absolute Gasteiger partial charge is 0.288 e. The number of carbonyl (C=O) groups excluding carboxylic acids is 2. The van der Waals surface area contributed by atoms with Crippen molar-refractivity contribution in [1.82, 2.24) is 11.0 Å². The average molecular weight is 336 g/mol. The quantitative estimate of drug-likeness (QED) is 0.381. The Morgan fingerprint density at radius 1 is 0.727 bits per heavy atom. The highest BCUT2D eigenvalue weighted by atomic mass is 33.1. The van der Waals surface area contributed by atoms with E-state index in [4.69, 9.17) is 10.4 Å². The highest BCUT2D eigenvalue weighted by Crippen LogP contribution is 2.40. The minimum Gasteiger partial charge on any atom is -0.288 e. The molecular weight excluding hydrogens is 324 g/mol. The lowest BCUT2D eigenvalue weighted by atomic mass is 10.2. The van der Waals surface area contributed by atoms with Crippen molar-refractivity contribution in [1.29, 1.82) is 0 Å². The Balaban J connectivity index is 2.21. The number of benzene rings is 2. The monoisotopic (exact) mass is 336 g/mol. The van der Waals surface area contributed by atoms with E-state index in [1.54, 1.807) is 59.5 Å². The molecule has 0 spiro atoms. The van der Waals surface area contributed by atoms with Crippen molar-refractivity contribution in [2.75, 3.05) is 0 Å². The molecule has 0 aromatic heterocycles. The third-order valence-corrected chi connectivity index (χ3v) is 5.17. The summed E-state index contributed by atoms with van der Waals surface area (Å²) in [5.41, 5.74) is 3.85. The van der Waals surface area contributed by atoms with E-state index in [1.807, 2.05) is 0 Å². The summed E-state index contributed by atoms with van der Waals surface area (Å²) < 4.78 is 0. The number of amides is 2. The van der Waals surface area contributed by atoms with Gasteiger partial charge in [0.2, 0.25) is 0 Å². The molecule has 22 heavy (non-hydrogen) atoms. The first-order valence-corrected chi connectivity index (χ1v) is 8.23.